The lowest BCUT2D eigenvalue weighted by Crippen LogP contribution is -2.22. The van der Waals surface area contributed by atoms with Gasteiger partial charge in [0.1, 0.15) is 12.4 Å². The van der Waals surface area contributed by atoms with Gasteiger partial charge in [-0.25, -0.2) is 0 Å². The number of hydrogen-bond acceptors (Lipinski definition) is 5. The highest BCUT2D eigenvalue weighted by atomic mass is 16.5. The summed E-state index contributed by atoms with van der Waals surface area (Å²) in [5.74, 6) is 1.74. The van der Waals surface area contributed by atoms with E-state index in [9.17, 15) is 4.79 Å². The van der Waals surface area contributed by atoms with Crippen molar-refractivity contribution in [1.29, 1.82) is 0 Å². The third-order valence-corrected chi connectivity index (χ3v) is 3.70. The summed E-state index contributed by atoms with van der Waals surface area (Å²) in [6.45, 7) is 2.45. The summed E-state index contributed by atoms with van der Waals surface area (Å²) in [6, 6.07) is 16.4. The number of nitrogens with one attached hydrogen (secondary N) is 1. The van der Waals surface area contributed by atoms with Crippen LogP contribution in [0, 0.1) is 6.92 Å². The van der Waals surface area contributed by atoms with Crippen LogP contribution in [0.15, 0.2) is 59.0 Å². The van der Waals surface area contributed by atoms with Gasteiger partial charge >= 0.3 is 0 Å². The zero-order valence-electron chi connectivity index (χ0n) is 14.7. The van der Waals surface area contributed by atoms with E-state index in [0.29, 0.717) is 23.8 Å². The molecule has 6 nitrogen and oxygen atoms in total. The van der Waals surface area contributed by atoms with Gasteiger partial charge in [-0.15, -0.1) is 0 Å². The monoisotopic (exact) mass is 352 g/mol. The van der Waals surface area contributed by atoms with Gasteiger partial charge < -0.3 is 19.2 Å². The van der Waals surface area contributed by atoms with Crippen molar-refractivity contribution in [1.82, 2.24) is 10.3 Å². The first-order chi connectivity index (χ1) is 12.7. The molecular formula is C20H20N2O4. The topological polar surface area (TPSA) is 73.6 Å². The molecule has 0 radical (unpaired) electrons. The molecule has 6 heteroatoms. The number of ether oxygens (including phenoxy) is 2. The van der Waals surface area contributed by atoms with Crippen molar-refractivity contribution >= 4 is 5.91 Å². The molecule has 0 saturated carbocycles. The number of carbonyl (C=O) groups excluding carboxylic acids is 1. The van der Waals surface area contributed by atoms with E-state index in [0.717, 1.165) is 11.4 Å². The summed E-state index contributed by atoms with van der Waals surface area (Å²) < 4.78 is 16.5. The number of pyridine rings is 1. The van der Waals surface area contributed by atoms with Crippen LogP contribution < -0.4 is 14.8 Å². The van der Waals surface area contributed by atoms with Crippen LogP contribution in [0.25, 0.3) is 0 Å². The number of nitrogens with zero attached hydrogens (tertiary/aromatic N) is 1. The number of hydrogen-bond donors (Lipinski definition) is 1. The smallest absolute Gasteiger partial charge is 0.287 e. The third kappa shape index (κ3) is 4.42. The van der Waals surface area contributed by atoms with Crippen LogP contribution in [0.4, 0.5) is 0 Å². The lowest BCUT2D eigenvalue weighted by atomic mass is 10.3. The predicted molar refractivity (Wildman–Crippen MR) is 96.2 cm³/mol. The largest absolute Gasteiger partial charge is 0.493 e. The van der Waals surface area contributed by atoms with Gasteiger partial charge in [0, 0.05) is 5.69 Å². The average molecular weight is 352 g/mol. The van der Waals surface area contributed by atoms with E-state index in [4.69, 9.17) is 13.9 Å². The second-order valence-electron chi connectivity index (χ2n) is 5.66. The number of aromatic nitrogens is 1. The maximum absolute atomic E-state index is 12.2. The number of rotatable bonds is 7. The van der Waals surface area contributed by atoms with Crippen LogP contribution in [0.3, 0.4) is 0 Å². The number of furan rings is 1. The predicted octanol–water partition coefficient (Wildman–Crippen LogP) is 3.50. The first-order valence-corrected chi connectivity index (χ1v) is 8.21. The molecule has 26 heavy (non-hydrogen) atoms. The van der Waals surface area contributed by atoms with Crippen LogP contribution in [0.2, 0.25) is 0 Å². The molecule has 1 amide bonds. The lowest BCUT2D eigenvalue weighted by molar-refractivity contribution is 0.0918. The summed E-state index contributed by atoms with van der Waals surface area (Å²) in [4.78, 5) is 16.5. The highest BCUT2D eigenvalue weighted by Gasteiger charge is 2.12. The molecule has 2 aromatic heterocycles. The maximum Gasteiger partial charge on any atom is 0.287 e. The molecule has 1 N–H and O–H groups in total. The molecular weight excluding hydrogens is 332 g/mol. The van der Waals surface area contributed by atoms with E-state index in [1.54, 1.807) is 19.2 Å². The molecule has 3 rings (SSSR count). The molecule has 0 spiro atoms. The van der Waals surface area contributed by atoms with Crippen LogP contribution >= 0.6 is 0 Å². The van der Waals surface area contributed by atoms with E-state index in [1.807, 2.05) is 49.4 Å². The minimum absolute atomic E-state index is 0.201. The zero-order valence-corrected chi connectivity index (χ0v) is 14.7. The molecule has 2 heterocycles. The van der Waals surface area contributed by atoms with E-state index >= 15 is 0 Å². The van der Waals surface area contributed by atoms with Crippen molar-refractivity contribution in [3.63, 3.8) is 0 Å². The number of aryl methyl sites for hydroxylation is 1. The van der Waals surface area contributed by atoms with Gasteiger partial charge in [-0.3, -0.25) is 9.78 Å². The Balaban J connectivity index is 1.56. The van der Waals surface area contributed by atoms with E-state index in [2.05, 4.69) is 10.3 Å². The van der Waals surface area contributed by atoms with Gasteiger partial charge in [-0.2, -0.15) is 0 Å². The van der Waals surface area contributed by atoms with Crippen LogP contribution in [0.1, 0.15) is 27.7 Å². The van der Waals surface area contributed by atoms with Gasteiger partial charge in [0.05, 0.1) is 19.3 Å². The number of methoxy groups -OCH3 is 1. The van der Waals surface area contributed by atoms with Crippen LogP contribution in [-0.2, 0) is 13.2 Å². The molecule has 0 aliphatic heterocycles. The zero-order chi connectivity index (χ0) is 18.4. The average Bonchev–Trinajstić information content (AvgIpc) is 3.14. The molecule has 134 valence electrons. The second kappa shape index (κ2) is 8.20. The highest BCUT2D eigenvalue weighted by Crippen LogP contribution is 2.26. The summed E-state index contributed by atoms with van der Waals surface area (Å²) in [5, 5.41) is 2.79. The lowest BCUT2D eigenvalue weighted by Gasteiger charge is -2.08. The van der Waals surface area contributed by atoms with Crippen molar-refractivity contribution in [3.8, 4) is 11.5 Å². The Morgan fingerprint density at radius 1 is 1.08 bits per heavy atom. The normalized spacial score (nSPS) is 10.4. The van der Waals surface area contributed by atoms with Gasteiger partial charge in [0.25, 0.3) is 5.91 Å². The molecule has 0 unspecified atom stereocenters. The Bertz CT molecular complexity index is 889. The highest BCUT2D eigenvalue weighted by molar-refractivity contribution is 5.91. The fraction of sp³-hybridized carbons (Fsp3) is 0.200. The number of para-hydroxylation sites is 2. The molecule has 3 aromatic rings. The SMILES string of the molecule is COc1ccccc1OCc1ccc(C(=O)NCc2cccc(C)n2)o1. The van der Waals surface area contributed by atoms with Gasteiger partial charge in [-0.1, -0.05) is 18.2 Å². The standard InChI is InChI=1S/C20H20N2O4/c1-14-6-5-7-15(22-14)12-21-20(23)19-11-10-16(26-19)13-25-18-9-4-3-8-17(18)24-2/h3-11H,12-13H2,1-2H3,(H,21,23). The molecule has 0 atom stereocenters. The summed E-state index contributed by atoms with van der Waals surface area (Å²) >= 11 is 0. The van der Waals surface area contributed by atoms with E-state index in [1.165, 1.54) is 0 Å². The first-order valence-electron chi connectivity index (χ1n) is 8.21. The Morgan fingerprint density at radius 3 is 2.65 bits per heavy atom. The first kappa shape index (κ1) is 17.5. The molecule has 1 aromatic carbocycles. The minimum Gasteiger partial charge on any atom is -0.493 e. The molecule has 0 saturated heterocycles. The minimum atomic E-state index is -0.295. The van der Waals surface area contributed by atoms with Crippen LogP contribution in [0.5, 0.6) is 11.5 Å². The molecule has 0 fully saturated rings. The van der Waals surface area contributed by atoms with Crippen molar-refractivity contribution < 1.29 is 18.7 Å². The second-order valence-corrected chi connectivity index (χ2v) is 5.66. The summed E-state index contributed by atoms with van der Waals surface area (Å²) in [7, 11) is 1.58. The van der Waals surface area contributed by atoms with Gasteiger partial charge in [0.15, 0.2) is 17.3 Å². The van der Waals surface area contributed by atoms with E-state index in [-0.39, 0.29) is 18.3 Å². The Morgan fingerprint density at radius 2 is 1.88 bits per heavy atom. The maximum atomic E-state index is 12.2. The molecule has 0 aliphatic rings. The summed E-state index contributed by atoms with van der Waals surface area (Å²) in [5.41, 5.74) is 1.70. The fourth-order valence-electron chi connectivity index (χ4n) is 2.42. The Labute approximate surface area is 151 Å². The van der Waals surface area contributed by atoms with Crippen molar-refractivity contribution in [2.24, 2.45) is 0 Å². The van der Waals surface area contributed by atoms with Crippen molar-refractivity contribution in [3.05, 3.63) is 77.5 Å². The molecule has 0 aliphatic carbocycles. The van der Waals surface area contributed by atoms with E-state index < -0.39 is 0 Å². The number of benzene rings is 1. The summed E-state index contributed by atoms with van der Waals surface area (Å²) in [6.07, 6.45) is 0. The van der Waals surface area contributed by atoms with Gasteiger partial charge in [0.2, 0.25) is 0 Å². The van der Waals surface area contributed by atoms with Crippen LogP contribution in [-0.4, -0.2) is 18.0 Å². The fourth-order valence-corrected chi connectivity index (χ4v) is 2.42. The number of amides is 1. The van der Waals surface area contributed by atoms with Gasteiger partial charge in [-0.05, 0) is 43.3 Å². The molecule has 0 bridgehead atoms. The van der Waals surface area contributed by atoms with Crippen molar-refractivity contribution in [2.75, 3.05) is 7.11 Å². The number of carbonyl (C=O) groups is 1. The third-order valence-electron chi connectivity index (χ3n) is 3.70. The Hall–Kier alpha value is -3.28. The quantitative estimate of drug-likeness (QED) is 0.704. The van der Waals surface area contributed by atoms with Crippen molar-refractivity contribution in [2.45, 2.75) is 20.1 Å². The Kier molecular flexibility index (Phi) is 5.53.